The molecule has 8 nitrogen and oxygen atoms in total. The molecule has 2 aromatic rings. The number of imidazole rings is 1. The van der Waals surface area contributed by atoms with Gasteiger partial charge in [-0.05, 0) is 19.3 Å². The maximum atomic E-state index is 6.14. The standard InChI is InChI=1S/C15H23N7O/c16-13-14(18-4-2-6-22-7-5-17-11-22)20-10-21-15(13)19-9-12-3-1-8-23-12/h5,7,10-12H,1-4,6,8-9,16H2,(H2,18,19,20,21). The fraction of sp³-hybridized carbons (Fsp3) is 0.533. The van der Waals surface area contributed by atoms with Gasteiger partial charge >= 0.3 is 0 Å². The fourth-order valence-electron chi connectivity index (χ4n) is 2.58. The topological polar surface area (TPSA) is 103 Å². The second-order valence-electron chi connectivity index (χ2n) is 5.58. The molecule has 3 heterocycles. The highest BCUT2D eigenvalue weighted by Crippen LogP contribution is 2.23. The van der Waals surface area contributed by atoms with Gasteiger partial charge in [0.2, 0.25) is 0 Å². The molecule has 1 fully saturated rings. The average molecular weight is 317 g/mol. The van der Waals surface area contributed by atoms with Gasteiger partial charge in [-0.3, -0.25) is 0 Å². The number of hydrogen-bond donors (Lipinski definition) is 3. The molecule has 8 heteroatoms. The van der Waals surface area contributed by atoms with Crippen molar-refractivity contribution in [2.75, 3.05) is 36.1 Å². The molecule has 1 saturated heterocycles. The summed E-state index contributed by atoms with van der Waals surface area (Å²) < 4.78 is 7.63. The Morgan fingerprint density at radius 1 is 1.30 bits per heavy atom. The van der Waals surface area contributed by atoms with Gasteiger partial charge in [0.25, 0.3) is 0 Å². The van der Waals surface area contributed by atoms with Crippen molar-refractivity contribution in [2.45, 2.75) is 31.9 Å². The van der Waals surface area contributed by atoms with Crippen LogP contribution in [-0.4, -0.2) is 45.3 Å². The van der Waals surface area contributed by atoms with Gasteiger partial charge in [0.1, 0.15) is 12.0 Å². The van der Waals surface area contributed by atoms with Gasteiger partial charge in [0.15, 0.2) is 11.6 Å². The molecular weight excluding hydrogens is 294 g/mol. The number of aryl methyl sites for hydroxylation is 1. The van der Waals surface area contributed by atoms with Crippen molar-refractivity contribution < 1.29 is 4.74 Å². The number of nitrogens with two attached hydrogens (primary N) is 1. The Labute approximate surface area is 135 Å². The average Bonchev–Trinajstić information content (AvgIpc) is 3.25. The highest BCUT2D eigenvalue weighted by molar-refractivity contribution is 5.73. The summed E-state index contributed by atoms with van der Waals surface area (Å²) in [5.41, 5.74) is 6.69. The van der Waals surface area contributed by atoms with Gasteiger partial charge < -0.3 is 25.7 Å². The largest absolute Gasteiger partial charge is 0.393 e. The van der Waals surface area contributed by atoms with E-state index < -0.39 is 0 Å². The van der Waals surface area contributed by atoms with E-state index in [1.54, 1.807) is 6.20 Å². The molecule has 2 aromatic heterocycles. The van der Waals surface area contributed by atoms with Crippen LogP contribution in [0.1, 0.15) is 19.3 Å². The SMILES string of the molecule is Nc1c(NCCCn2ccnc2)ncnc1NCC1CCCO1. The lowest BCUT2D eigenvalue weighted by Crippen LogP contribution is -2.20. The summed E-state index contributed by atoms with van der Waals surface area (Å²) in [5, 5.41) is 6.52. The molecule has 1 aliphatic rings. The summed E-state index contributed by atoms with van der Waals surface area (Å²) in [7, 11) is 0. The van der Waals surface area contributed by atoms with Crippen LogP contribution in [0.3, 0.4) is 0 Å². The van der Waals surface area contributed by atoms with Gasteiger partial charge in [-0.15, -0.1) is 0 Å². The van der Waals surface area contributed by atoms with Crippen LogP contribution in [0, 0.1) is 0 Å². The molecule has 0 amide bonds. The third-order valence-corrected chi connectivity index (χ3v) is 3.85. The van der Waals surface area contributed by atoms with E-state index >= 15 is 0 Å². The second kappa shape index (κ2) is 7.77. The van der Waals surface area contributed by atoms with Crippen molar-refractivity contribution in [3.63, 3.8) is 0 Å². The minimum absolute atomic E-state index is 0.246. The lowest BCUT2D eigenvalue weighted by atomic mass is 10.2. The molecular formula is C15H23N7O. The van der Waals surface area contributed by atoms with E-state index in [4.69, 9.17) is 10.5 Å². The highest BCUT2D eigenvalue weighted by Gasteiger charge is 2.16. The summed E-state index contributed by atoms with van der Waals surface area (Å²) in [6.45, 7) is 3.25. The number of nitrogens with zero attached hydrogens (tertiary/aromatic N) is 4. The molecule has 0 bridgehead atoms. The first-order valence-corrected chi connectivity index (χ1v) is 7.98. The van der Waals surface area contributed by atoms with Crippen molar-refractivity contribution >= 4 is 17.3 Å². The van der Waals surface area contributed by atoms with Crippen LogP contribution >= 0.6 is 0 Å². The number of ether oxygens (including phenoxy) is 1. The van der Waals surface area contributed by atoms with Crippen LogP contribution in [-0.2, 0) is 11.3 Å². The number of aromatic nitrogens is 4. The first-order valence-electron chi connectivity index (χ1n) is 7.98. The third kappa shape index (κ3) is 4.32. The molecule has 3 rings (SSSR count). The Balaban J connectivity index is 1.47. The van der Waals surface area contributed by atoms with Gasteiger partial charge in [0, 0.05) is 38.6 Å². The van der Waals surface area contributed by atoms with Crippen molar-refractivity contribution in [3.8, 4) is 0 Å². The van der Waals surface area contributed by atoms with Crippen LogP contribution in [0.25, 0.3) is 0 Å². The summed E-state index contributed by atoms with van der Waals surface area (Å²) in [6, 6.07) is 0. The van der Waals surface area contributed by atoms with E-state index in [1.807, 2.05) is 17.1 Å². The predicted octanol–water partition coefficient (Wildman–Crippen LogP) is 1.35. The molecule has 0 spiro atoms. The monoisotopic (exact) mass is 317 g/mol. The molecule has 4 N–H and O–H groups in total. The van der Waals surface area contributed by atoms with Crippen LogP contribution in [0.2, 0.25) is 0 Å². The lowest BCUT2D eigenvalue weighted by molar-refractivity contribution is 0.120. The van der Waals surface area contributed by atoms with E-state index in [0.29, 0.717) is 17.3 Å². The van der Waals surface area contributed by atoms with Crippen LogP contribution in [0.4, 0.5) is 17.3 Å². The van der Waals surface area contributed by atoms with Crippen molar-refractivity contribution in [1.82, 2.24) is 19.5 Å². The van der Waals surface area contributed by atoms with Crippen LogP contribution in [0.15, 0.2) is 25.0 Å². The van der Waals surface area contributed by atoms with Crippen molar-refractivity contribution in [3.05, 3.63) is 25.0 Å². The van der Waals surface area contributed by atoms with Crippen LogP contribution in [0.5, 0.6) is 0 Å². The normalized spacial score (nSPS) is 17.3. The Morgan fingerprint density at radius 2 is 2.17 bits per heavy atom. The Kier molecular flexibility index (Phi) is 5.25. The zero-order valence-corrected chi connectivity index (χ0v) is 13.1. The lowest BCUT2D eigenvalue weighted by Gasteiger charge is -2.14. The smallest absolute Gasteiger partial charge is 0.154 e. The Bertz CT molecular complexity index is 596. The third-order valence-electron chi connectivity index (χ3n) is 3.85. The van der Waals surface area contributed by atoms with Crippen LogP contribution < -0.4 is 16.4 Å². The highest BCUT2D eigenvalue weighted by atomic mass is 16.5. The van der Waals surface area contributed by atoms with Gasteiger partial charge in [0.05, 0.1) is 12.4 Å². The quantitative estimate of drug-likeness (QED) is 0.631. The fourth-order valence-corrected chi connectivity index (χ4v) is 2.58. The van der Waals surface area contributed by atoms with E-state index in [1.165, 1.54) is 6.33 Å². The molecule has 23 heavy (non-hydrogen) atoms. The van der Waals surface area contributed by atoms with E-state index in [9.17, 15) is 0 Å². The second-order valence-corrected chi connectivity index (χ2v) is 5.58. The molecule has 0 aliphatic carbocycles. The Hall–Kier alpha value is -2.35. The van der Waals surface area contributed by atoms with E-state index in [0.717, 1.165) is 45.5 Å². The summed E-state index contributed by atoms with van der Waals surface area (Å²) >= 11 is 0. The summed E-state index contributed by atoms with van der Waals surface area (Å²) in [4.78, 5) is 12.5. The van der Waals surface area contributed by atoms with Gasteiger partial charge in [-0.1, -0.05) is 0 Å². The van der Waals surface area contributed by atoms with E-state index in [2.05, 4.69) is 25.6 Å². The number of rotatable bonds is 8. The van der Waals surface area contributed by atoms with E-state index in [-0.39, 0.29) is 6.10 Å². The molecule has 124 valence electrons. The minimum Gasteiger partial charge on any atom is -0.393 e. The first-order chi connectivity index (χ1) is 11.3. The zero-order valence-electron chi connectivity index (χ0n) is 13.1. The Morgan fingerprint density at radius 3 is 2.91 bits per heavy atom. The van der Waals surface area contributed by atoms with Crippen molar-refractivity contribution in [1.29, 1.82) is 0 Å². The van der Waals surface area contributed by atoms with Crippen molar-refractivity contribution in [2.24, 2.45) is 0 Å². The zero-order chi connectivity index (χ0) is 15.9. The molecule has 1 aliphatic heterocycles. The summed E-state index contributed by atoms with van der Waals surface area (Å²) in [6.07, 6.45) is 10.5. The number of anilines is 3. The number of nitrogen functional groups attached to an aromatic ring is 1. The maximum Gasteiger partial charge on any atom is 0.154 e. The first kappa shape index (κ1) is 15.5. The molecule has 1 unspecified atom stereocenters. The molecule has 0 radical (unpaired) electrons. The number of nitrogens with one attached hydrogen (secondary N) is 2. The number of hydrogen-bond acceptors (Lipinski definition) is 7. The minimum atomic E-state index is 0.246. The van der Waals surface area contributed by atoms with Gasteiger partial charge in [-0.2, -0.15) is 0 Å². The van der Waals surface area contributed by atoms with Gasteiger partial charge in [-0.25, -0.2) is 15.0 Å². The molecule has 1 atom stereocenters. The predicted molar refractivity (Wildman–Crippen MR) is 89.2 cm³/mol. The summed E-state index contributed by atoms with van der Waals surface area (Å²) in [5.74, 6) is 1.33. The maximum absolute atomic E-state index is 6.14. The molecule has 0 saturated carbocycles. The molecule has 0 aromatic carbocycles.